The van der Waals surface area contributed by atoms with Crippen LogP contribution in [0.4, 0.5) is 0 Å². The third-order valence-corrected chi connectivity index (χ3v) is 4.49. The summed E-state index contributed by atoms with van der Waals surface area (Å²) in [7, 11) is 0. The molecule has 1 N–H and O–H groups in total. The Bertz CT molecular complexity index is 632. The van der Waals surface area contributed by atoms with E-state index in [1.165, 1.54) is 0 Å². The number of piperidine rings is 1. The predicted molar refractivity (Wildman–Crippen MR) is 92.2 cm³/mol. The van der Waals surface area contributed by atoms with Gasteiger partial charge in [0.25, 0.3) is 0 Å². The van der Waals surface area contributed by atoms with Crippen LogP contribution in [0.3, 0.4) is 0 Å². The molecule has 1 saturated heterocycles. The Labute approximate surface area is 142 Å². The number of hydrogen-bond donors (Lipinski definition) is 1. The largest absolute Gasteiger partial charge is 0.358 e. The highest BCUT2D eigenvalue weighted by atomic mass is 16.6. The molecule has 4 nitrogen and oxygen atoms in total. The molecule has 24 heavy (non-hydrogen) atoms. The number of hydrogen-bond acceptors (Lipinski definition) is 3. The maximum Gasteiger partial charge on any atom is 0.220 e. The summed E-state index contributed by atoms with van der Waals surface area (Å²) in [5, 5.41) is 11.4. The van der Waals surface area contributed by atoms with Gasteiger partial charge in [-0.05, 0) is 12.8 Å². The molecule has 3 rings (SSSR count). The van der Waals surface area contributed by atoms with E-state index in [9.17, 15) is 9.90 Å². The Hall–Kier alpha value is -2.17. The Kier molecular flexibility index (Phi) is 4.97. The van der Waals surface area contributed by atoms with Crippen molar-refractivity contribution in [3.05, 3.63) is 71.8 Å². The second-order valence-corrected chi connectivity index (χ2v) is 6.22. The predicted octanol–water partition coefficient (Wildman–Crippen LogP) is 2.91. The lowest BCUT2D eigenvalue weighted by Gasteiger charge is -2.38. The SMILES string of the molecule is CC(=O)N1CCCC(OC(O)(c2ccccc2)c2ccccc2)C1. The van der Waals surface area contributed by atoms with Gasteiger partial charge in [0.15, 0.2) is 0 Å². The van der Waals surface area contributed by atoms with Crippen molar-refractivity contribution >= 4 is 5.91 Å². The van der Waals surface area contributed by atoms with E-state index in [-0.39, 0.29) is 12.0 Å². The van der Waals surface area contributed by atoms with Gasteiger partial charge in [-0.15, -0.1) is 0 Å². The van der Waals surface area contributed by atoms with E-state index in [0.717, 1.165) is 19.4 Å². The van der Waals surface area contributed by atoms with E-state index in [1.807, 2.05) is 60.7 Å². The molecule has 1 heterocycles. The zero-order valence-corrected chi connectivity index (χ0v) is 13.9. The highest BCUT2D eigenvalue weighted by molar-refractivity contribution is 5.73. The van der Waals surface area contributed by atoms with Crippen LogP contribution >= 0.6 is 0 Å². The molecule has 1 atom stereocenters. The van der Waals surface area contributed by atoms with E-state index in [0.29, 0.717) is 17.7 Å². The molecule has 4 heteroatoms. The average molecular weight is 325 g/mol. The molecule has 0 aromatic heterocycles. The van der Waals surface area contributed by atoms with Crippen molar-refractivity contribution in [2.24, 2.45) is 0 Å². The molecule has 1 aliphatic rings. The second kappa shape index (κ2) is 7.16. The number of likely N-dealkylation sites (tertiary alicyclic amines) is 1. The van der Waals surface area contributed by atoms with Crippen LogP contribution in [-0.2, 0) is 15.3 Å². The quantitative estimate of drug-likeness (QED) is 0.880. The van der Waals surface area contributed by atoms with Gasteiger partial charge in [0, 0.05) is 31.1 Å². The van der Waals surface area contributed by atoms with Crippen molar-refractivity contribution in [2.45, 2.75) is 31.7 Å². The lowest BCUT2D eigenvalue weighted by atomic mass is 9.96. The van der Waals surface area contributed by atoms with Gasteiger partial charge in [0.05, 0.1) is 6.10 Å². The number of aliphatic hydroxyl groups is 1. The monoisotopic (exact) mass is 325 g/mol. The second-order valence-electron chi connectivity index (χ2n) is 6.22. The Morgan fingerprint density at radius 1 is 1.08 bits per heavy atom. The number of carbonyl (C=O) groups is 1. The first-order valence-electron chi connectivity index (χ1n) is 8.36. The minimum atomic E-state index is -1.52. The molecule has 1 amide bonds. The van der Waals surface area contributed by atoms with E-state index in [1.54, 1.807) is 11.8 Å². The van der Waals surface area contributed by atoms with Crippen molar-refractivity contribution < 1.29 is 14.6 Å². The van der Waals surface area contributed by atoms with Gasteiger partial charge in [0.2, 0.25) is 11.7 Å². The van der Waals surface area contributed by atoms with Gasteiger partial charge >= 0.3 is 0 Å². The highest BCUT2D eigenvalue weighted by Gasteiger charge is 2.37. The summed E-state index contributed by atoms with van der Waals surface area (Å²) >= 11 is 0. The number of nitrogens with zero attached hydrogens (tertiary/aromatic N) is 1. The zero-order chi connectivity index (χ0) is 17.0. The molecule has 0 bridgehead atoms. The molecule has 1 aliphatic heterocycles. The van der Waals surface area contributed by atoms with Crippen LogP contribution in [-0.4, -0.2) is 35.1 Å². The van der Waals surface area contributed by atoms with Crippen LogP contribution in [0, 0.1) is 0 Å². The summed E-state index contributed by atoms with van der Waals surface area (Å²) in [5.74, 6) is -1.47. The first-order chi connectivity index (χ1) is 11.6. The molecule has 2 aromatic rings. The summed E-state index contributed by atoms with van der Waals surface area (Å²) in [5.41, 5.74) is 1.38. The lowest BCUT2D eigenvalue weighted by molar-refractivity contribution is -0.219. The Morgan fingerprint density at radius 3 is 2.12 bits per heavy atom. The van der Waals surface area contributed by atoms with Crippen LogP contribution in [0.5, 0.6) is 0 Å². The van der Waals surface area contributed by atoms with Gasteiger partial charge in [-0.25, -0.2) is 0 Å². The fourth-order valence-electron chi connectivity index (χ4n) is 3.19. The summed E-state index contributed by atoms with van der Waals surface area (Å²) in [6.45, 7) is 2.84. The summed E-state index contributed by atoms with van der Waals surface area (Å²) in [6.07, 6.45) is 1.50. The van der Waals surface area contributed by atoms with Crippen molar-refractivity contribution in [3.63, 3.8) is 0 Å². The summed E-state index contributed by atoms with van der Waals surface area (Å²) < 4.78 is 6.19. The van der Waals surface area contributed by atoms with Crippen molar-refractivity contribution in [1.82, 2.24) is 4.90 Å². The fourth-order valence-corrected chi connectivity index (χ4v) is 3.19. The third kappa shape index (κ3) is 3.50. The number of benzene rings is 2. The number of carbonyl (C=O) groups excluding carboxylic acids is 1. The molecule has 0 aliphatic carbocycles. The Balaban J connectivity index is 1.90. The summed E-state index contributed by atoms with van der Waals surface area (Å²) in [4.78, 5) is 13.4. The molecule has 0 spiro atoms. The smallest absolute Gasteiger partial charge is 0.220 e. The standard InChI is InChI=1S/C20H23NO3/c1-16(22)21-14-8-13-19(15-21)24-20(23,17-9-4-2-5-10-17)18-11-6-3-7-12-18/h2-7,9-12,19,23H,8,13-15H2,1H3. The molecule has 2 aromatic carbocycles. The van der Waals surface area contributed by atoms with Crippen molar-refractivity contribution in [3.8, 4) is 0 Å². The summed E-state index contributed by atoms with van der Waals surface area (Å²) in [6, 6.07) is 18.8. The van der Waals surface area contributed by atoms with Crippen LogP contribution in [0.15, 0.2) is 60.7 Å². The molecule has 126 valence electrons. The normalized spacial score (nSPS) is 18.4. The topological polar surface area (TPSA) is 49.8 Å². The molecule has 1 unspecified atom stereocenters. The number of amides is 1. The molecular formula is C20H23NO3. The average Bonchev–Trinajstić information content (AvgIpc) is 2.63. The molecule has 1 fully saturated rings. The van der Waals surface area contributed by atoms with Crippen molar-refractivity contribution in [2.75, 3.05) is 13.1 Å². The molecule has 0 radical (unpaired) electrons. The molecular weight excluding hydrogens is 302 g/mol. The highest BCUT2D eigenvalue weighted by Crippen LogP contribution is 2.33. The van der Waals surface area contributed by atoms with Crippen LogP contribution in [0.2, 0.25) is 0 Å². The molecule has 0 saturated carbocycles. The van der Waals surface area contributed by atoms with Crippen LogP contribution in [0.25, 0.3) is 0 Å². The number of ether oxygens (including phenoxy) is 1. The third-order valence-electron chi connectivity index (χ3n) is 4.49. The number of rotatable bonds is 4. The van der Waals surface area contributed by atoms with Gasteiger partial charge in [-0.2, -0.15) is 0 Å². The van der Waals surface area contributed by atoms with Gasteiger partial charge in [-0.1, -0.05) is 60.7 Å². The van der Waals surface area contributed by atoms with Crippen LogP contribution in [0.1, 0.15) is 30.9 Å². The fraction of sp³-hybridized carbons (Fsp3) is 0.350. The van der Waals surface area contributed by atoms with E-state index >= 15 is 0 Å². The van der Waals surface area contributed by atoms with E-state index in [4.69, 9.17) is 4.74 Å². The minimum Gasteiger partial charge on any atom is -0.358 e. The van der Waals surface area contributed by atoms with Gasteiger partial charge in [0.1, 0.15) is 0 Å². The van der Waals surface area contributed by atoms with Gasteiger partial charge in [-0.3, -0.25) is 4.79 Å². The maximum atomic E-state index is 11.7. The Morgan fingerprint density at radius 2 is 1.62 bits per heavy atom. The lowest BCUT2D eigenvalue weighted by Crippen LogP contribution is -2.46. The first kappa shape index (κ1) is 16.7. The van der Waals surface area contributed by atoms with Crippen LogP contribution < -0.4 is 0 Å². The van der Waals surface area contributed by atoms with Gasteiger partial charge < -0.3 is 14.7 Å². The van der Waals surface area contributed by atoms with Crippen molar-refractivity contribution in [1.29, 1.82) is 0 Å². The zero-order valence-electron chi connectivity index (χ0n) is 13.9. The van der Waals surface area contributed by atoms with E-state index < -0.39 is 5.79 Å². The minimum absolute atomic E-state index is 0.0475. The first-order valence-corrected chi connectivity index (χ1v) is 8.36. The maximum absolute atomic E-state index is 11.7. The van der Waals surface area contributed by atoms with E-state index in [2.05, 4.69) is 0 Å².